The number of hydrogen-bond donors (Lipinski definition) is 2. The molecule has 0 saturated carbocycles. The second-order valence-electron chi connectivity index (χ2n) is 5.40. The molecule has 19 heavy (non-hydrogen) atoms. The normalized spacial score (nSPS) is 24.9. The van der Waals surface area contributed by atoms with Crippen LogP contribution in [0.5, 0.6) is 0 Å². The van der Waals surface area contributed by atoms with Crippen LogP contribution in [0.1, 0.15) is 44.0 Å². The van der Waals surface area contributed by atoms with Crippen LogP contribution in [-0.4, -0.2) is 30.5 Å². The summed E-state index contributed by atoms with van der Waals surface area (Å²) in [5, 5.41) is 9.54. The van der Waals surface area contributed by atoms with Gasteiger partial charge in [0.25, 0.3) is 0 Å². The third-order valence-electron chi connectivity index (χ3n) is 4.07. The topological polar surface area (TPSA) is 54.0 Å². The summed E-state index contributed by atoms with van der Waals surface area (Å²) >= 11 is 1.65. The van der Waals surface area contributed by atoms with Gasteiger partial charge in [-0.1, -0.05) is 13.8 Å². The van der Waals surface area contributed by atoms with Crippen LogP contribution in [0.2, 0.25) is 0 Å². The van der Waals surface area contributed by atoms with Gasteiger partial charge < -0.3 is 10.6 Å². The second-order valence-corrected chi connectivity index (χ2v) is 6.32. The van der Waals surface area contributed by atoms with Gasteiger partial charge in [-0.05, 0) is 25.8 Å². The predicted octanol–water partition coefficient (Wildman–Crippen LogP) is 2.14. The van der Waals surface area contributed by atoms with Crippen molar-refractivity contribution in [2.75, 3.05) is 19.6 Å². The van der Waals surface area contributed by atoms with E-state index in [1.807, 2.05) is 11.6 Å². The van der Waals surface area contributed by atoms with Gasteiger partial charge in [-0.3, -0.25) is 4.79 Å². The maximum absolute atomic E-state index is 12.5. The number of nitrogens with one attached hydrogen (secondary N) is 2. The summed E-state index contributed by atoms with van der Waals surface area (Å²) in [6.07, 6.45) is 4.80. The van der Waals surface area contributed by atoms with Crippen LogP contribution < -0.4 is 10.6 Å². The number of hydrogen-bond acceptors (Lipinski definition) is 4. The van der Waals surface area contributed by atoms with Crippen molar-refractivity contribution < 1.29 is 4.79 Å². The highest BCUT2D eigenvalue weighted by Crippen LogP contribution is 2.30. The van der Waals surface area contributed by atoms with Crippen LogP contribution in [0, 0.1) is 5.41 Å². The van der Waals surface area contributed by atoms with E-state index in [0.29, 0.717) is 6.54 Å². The van der Waals surface area contributed by atoms with E-state index in [1.165, 1.54) is 0 Å². The number of piperidine rings is 1. The highest BCUT2D eigenvalue weighted by molar-refractivity contribution is 7.09. The minimum atomic E-state index is -0.207. The van der Waals surface area contributed by atoms with Gasteiger partial charge in [0, 0.05) is 30.6 Å². The molecule has 0 spiro atoms. The molecule has 1 saturated heterocycles. The average molecular weight is 281 g/mol. The number of carbonyl (C=O) groups excluding carboxylic acids is 1. The lowest BCUT2D eigenvalue weighted by Crippen LogP contribution is -2.50. The molecule has 106 valence electrons. The molecule has 5 heteroatoms. The Morgan fingerprint density at radius 1 is 1.68 bits per heavy atom. The van der Waals surface area contributed by atoms with E-state index in [4.69, 9.17) is 0 Å². The predicted molar refractivity (Wildman–Crippen MR) is 78.4 cm³/mol. The minimum absolute atomic E-state index is 0.200. The van der Waals surface area contributed by atoms with Crippen LogP contribution in [0.15, 0.2) is 11.6 Å². The molecule has 2 heterocycles. The van der Waals surface area contributed by atoms with Gasteiger partial charge in [-0.15, -0.1) is 11.3 Å². The molecule has 1 aliphatic rings. The van der Waals surface area contributed by atoms with Crippen molar-refractivity contribution in [3.63, 3.8) is 0 Å². The third-order valence-corrected chi connectivity index (χ3v) is 5.08. The Hall–Kier alpha value is -0.940. The first-order valence-corrected chi connectivity index (χ1v) is 7.94. The van der Waals surface area contributed by atoms with Crippen LogP contribution in [-0.2, 0) is 4.79 Å². The Bertz CT molecular complexity index is 399. The second kappa shape index (κ2) is 6.48. The molecular weight excluding hydrogens is 258 g/mol. The number of amides is 1. The van der Waals surface area contributed by atoms with Crippen molar-refractivity contribution in [1.29, 1.82) is 0 Å². The summed E-state index contributed by atoms with van der Waals surface area (Å²) in [4.78, 5) is 16.8. The summed E-state index contributed by atoms with van der Waals surface area (Å²) in [5.41, 5.74) is -0.207. The average Bonchev–Trinajstić information content (AvgIpc) is 2.99. The Morgan fingerprint density at radius 2 is 2.53 bits per heavy atom. The van der Waals surface area contributed by atoms with Crippen molar-refractivity contribution in [2.45, 2.75) is 39.0 Å². The standard InChI is InChI=1S/C14H23N3OS/c1-3-14(5-4-6-15-10-14)13(18)17-9-11(2)12-16-7-8-19-12/h7-8,11,15H,3-6,9-10H2,1-2H3,(H,17,18). The van der Waals surface area contributed by atoms with Crippen LogP contribution >= 0.6 is 11.3 Å². The molecular formula is C14H23N3OS. The maximum Gasteiger partial charge on any atom is 0.227 e. The van der Waals surface area contributed by atoms with Gasteiger partial charge in [0.1, 0.15) is 0 Å². The third kappa shape index (κ3) is 3.34. The number of carbonyl (C=O) groups is 1. The first-order valence-electron chi connectivity index (χ1n) is 7.06. The van der Waals surface area contributed by atoms with Crippen molar-refractivity contribution >= 4 is 17.2 Å². The fourth-order valence-electron chi connectivity index (χ4n) is 2.62. The largest absolute Gasteiger partial charge is 0.355 e. The molecule has 0 bridgehead atoms. The highest BCUT2D eigenvalue weighted by atomic mass is 32.1. The summed E-state index contributed by atoms with van der Waals surface area (Å²) in [6.45, 7) is 6.73. The van der Waals surface area contributed by atoms with E-state index >= 15 is 0 Å². The molecule has 2 N–H and O–H groups in total. The molecule has 1 aromatic heterocycles. The van der Waals surface area contributed by atoms with Crippen molar-refractivity contribution in [3.8, 4) is 0 Å². The molecule has 1 fully saturated rings. The lowest BCUT2D eigenvalue weighted by atomic mass is 9.77. The van der Waals surface area contributed by atoms with Gasteiger partial charge in [0.05, 0.1) is 10.4 Å². The summed E-state index contributed by atoms with van der Waals surface area (Å²) in [7, 11) is 0. The Balaban J connectivity index is 1.89. The van der Waals surface area contributed by atoms with Crippen molar-refractivity contribution in [3.05, 3.63) is 16.6 Å². The molecule has 1 amide bonds. The van der Waals surface area contributed by atoms with Gasteiger partial charge in [-0.25, -0.2) is 4.98 Å². The van der Waals surface area contributed by atoms with E-state index in [2.05, 4.69) is 29.5 Å². The molecule has 1 aromatic rings. The van der Waals surface area contributed by atoms with Gasteiger partial charge >= 0.3 is 0 Å². The first-order chi connectivity index (χ1) is 9.18. The van der Waals surface area contributed by atoms with E-state index in [1.54, 1.807) is 11.3 Å². The van der Waals surface area contributed by atoms with Crippen LogP contribution in [0.25, 0.3) is 0 Å². The lowest BCUT2D eigenvalue weighted by molar-refractivity contribution is -0.132. The van der Waals surface area contributed by atoms with E-state index in [-0.39, 0.29) is 17.2 Å². The zero-order chi connectivity index (χ0) is 13.7. The fourth-order valence-corrected chi connectivity index (χ4v) is 3.32. The van der Waals surface area contributed by atoms with E-state index < -0.39 is 0 Å². The van der Waals surface area contributed by atoms with Crippen LogP contribution in [0.4, 0.5) is 0 Å². The van der Waals surface area contributed by atoms with E-state index in [0.717, 1.165) is 37.4 Å². The van der Waals surface area contributed by atoms with E-state index in [9.17, 15) is 4.79 Å². The quantitative estimate of drug-likeness (QED) is 0.869. The number of nitrogens with zero attached hydrogens (tertiary/aromatic N) is 1. The maximum atomic E-state index is 12.5. The molecule has 2 unspecified atom stereocenters. The number of rotatable bonds is 5. The van der Waals surface area contributed by atoms with Crippen molar-refractivity contribution in [1.82, 2.24) is 15.6 Å². The minimum Gasteiger partial charge on any atom is -0.355 e. The molecule has 0 aromatic carbocycles. The van der Waals surface area contributed by atoms with Crippen LogP contribution in [0.3, 0.4) is 0 Å². The van der Waals surface area contributed by atoms with Gasteiger partial charge in [-0.2, -0.15) is 0 Å². The molecule has 4 nitrogen and oxygen atoms in total. The lowest BCUT2D eigenvalue weighted by Gasteiger charge is -2.35. The smallest absolute Gasteiger partial charge is 0.227 e. The summed E-state index contributed by atoms with van der Waals surface area (Å²) < 4.78 is 0. The Morgan fingerprint density at radius 3 is 3.11 bits per heavy atom. The van der Waals surface area contributed by atoms with Gasteiger partial charge in [0.2, 0.25) is 5.91 Å². The fraction of sp³-hybridized carbons (Fsp3) is 0.714. The monoisotopic (exact) mass is 281 g/mol. The van der Waals surface area contributed by atoms with Gasteiger partial charge in [0.15, 0.2) is 0 Å². The summed E-state index contributed by atoms with van der Waals surface area (Å²) in [5.74, 6) is 0.486. The zero-order valence-electron chi connectivity index (χ0n) is 11.7. The number of aromatic nitrogens is 1. The highest BCUT2D eigenvalue weighted by Gasteiger charge is 2.37. The number of thiazole rings is 1. The Labute approximate surface area is 119 Å². The molecule has 1 aliphatic heterocycles. The zero-order valence-corrected chi connectivity index (χ0v) is 12.6. The Kier molecular flexibility index (Phi) is 4.93. The molecule has 0 aliphatic carbocycles. The SMILES string of the molecule is CCC1(C(=O)NCC(C)c2nccs2)CCCNC1. The van der Waals surface area contributed by atoms with Crippen molar-refractivity contribution in [2.24, 2.45) is 5.41 Å². The molecule has 2 atom stereocenters. The molecule has 2 rings (SSSR count). The molecule has 0 radical (unpaired) electrons. The summed E-state index contributed by atoms with van der Waals surface area (Å²) in [6, 6.07) is 0. The first kappa shape index (κ1) is 14.5.